The maximum absolute atomic E-state index is 13.7. The van der Waals surface area contributed by atoms with Gasteiger partial charge in [-0.15, -0.1) is 0 Å². The highest BCUT2D eigenvalue weighted by Gasteiger charge is 2.38. The lowest BCUT2D eigenvalue weighted by molar-refractivity contribution is -0.120. The maximum Gasteiger partial charge on any atom is 0.407 e. The summed E-state index contributed by atoms with van der Waals surface area (Å²) in [6.07, 6.45) is -1.00. The number of nitrogens with one attached hydrogen (secondary N) is 2. The van der Waals surface area contributed by atoms with Crippen molar-refractivity contribution in [2.45, 2.75) is 70.1 Å². The van der Waals surface area contributed by atoms with Crippen LogP contribution in [0.3, 0.4) is 0 Å². The van der Waals surface area contributed by atoms with Gasteiger partial charge < -0.3 is 25.7 Å². The SMILES string of the molecule is CC(=O)NC(Cc1cc(F)cc(F)c1)C(O)CNC1(c2cccc(C(C)(C)C)c2)CCN(C(=O)O)CC1. The van der Waals surface area contributed by atoms with Crippen LogP contribution in [0.5, 0.6) is 0 Å². The summed E-state index contributed by atoms with van der Waals surface area (Å²) < 4.78 is 27.5. The van der Waals surface area contributed by atoms with Crippen LogP contribution in [0.1, 0.15) is 57.2 Å². The van der Waals surface area contributed by atoms with Gasteiger partial charge in [0.2, 0.25) is 5.91 Å². The number of carbonyl (C=O) groups excluding carboxylic acids is 1. The molecule has 0 bridgehead atoms. The Hall–Kier alpha value is -3.04. The smallest absolute Gasteiger partial charge is 0.407 e. The molecule has 7 nitrogen and oxygen atoms in total. The molecule has 1 heterocycles. The Balaban J connectivity index is 1.85. The van der Waals surface area contributed by atoms with Crippen molar-refractivity contribution in [1.29, 1.82) is 0 Å². The van der Waals surface area contributed by atoms with Crippen LogP contribution in [0.25, 0.3) is 0 Å². The normalized spacial score (nSPS) is 17.2. The van der Waals surface area contributed by atoms with E-state index in [0.29, 0.717) is 31.5 Å². The van der Waals surface area contributed by atoms with Crippen molar-refractivity contribution in [3.8, 4) is 0 Å². The summed E-state index contributed by atoms with van der Waals surface area (Å²) in [6.45, 7) is 8.42. The zero-order valence-electron chi connectivity index (χ0n) is 21.9. The highest BCUT2D eigenvalue weighted by Crippen LogP contribution is 2.35. The predicted molar refractivity (Wildman–Crippen MR) is 137 cm³/mol. The molecule has 0 saturated carbocycles. The number of rotatable bonds is 8. The van der Waals surface area contributed by atoms with Crippen molar-refractivity contribution in [3.05, 3.63) is 70.8 Å². The number of carboxylic acid groups (broad SMARTS) is 1. The number of carbonyl (C=O) groups is 2. The second-order valence-electron chi connectivity index (χ2n) is 10.9. The van der Waals surface area contributed by atoms with Crippen LogP contribution in [0.4, 0.5) is 13.6 Å². The maximum atomic E-state index is 13.7. The molecule has 4 N–H and O–H groups in total. The quantitative estimate of drug-likeness (QED) is 0.425. The number of aliphatic hydroxyl groups excluding tert-OH is 1. The molecule has 1 aliphatic rings. The molecule has 3 rings (SSSR count). The van der Waals surface area contributed by atoms with Crippen molar-refractivity contribution >= 4 is 12.0 Å². The lowest BCUT2D eigenvalue weighted by Crippen LogP contribution is -2.56. The number of hydrogen-bond acceptors (Lipinski definition) is 4. The fourth-order valence-electron chi connectivity index (χ4n) is 4.90. The first kappa shape index (κ1) is 28.5. The Bertz CT molecular complexity index is 1090. The van der Waals surface area contributed by atoms with Gasteiger partial charge >= 0.3 is 6.09 Å². The lowest BCUT2D eigenvalue weighted by Gasteiger charge is -2.43. The van der Waals surface area contributed by atoms with Crippen molar-refractivity contribution in [3.63, 3.8) is 0 Å². The Kier molecular flexibility index (Phi) is 8.92. The molecule has 0 radical (unpaired) electrons. The fraction of sp³-hybridized carbons (Fsp3) is 0.500. The van der Waals surface area contributed by atoms with Gasteiger partial charge in [-0.1, -0.05) is 45.0 Å². The first-order valence-corrected chi connectivity index (χ1v) is 12.5. The standard InChI is InChI=1S/C28H37F2N3O4/c1-18(34)32-24(14-19-12-22(29)16-23(30)13-19)25(35)17-31-28(8-10-33(11-9-28)26(36)37)21-7-5-6-20(15-21)27(2,3)4/h5-7,12-13,15-16,24-25,31,35H,8-11,14,17H2,1-4H3,(H,32,34)(H,36,37). The minimum Gasteiger partial charge on any atom is -0.465 e. The lowest BCUT2D eigenvalue weighted by atomic mass is 9.77. The van der Waals surface area contributed by atoms with Gasteiger partial charge in [0.1, 0.15) is 11.6 Å². The third kappa shape index (κ3) is 7.49. The van der Waals surface area contributed by atoms with Crippen LogP contribution in [0.15, 0.2) is 42.5 Å². The van der Waals surface area contributed by atoms with E-state index in [-0.39, 0.29) is 24.3 Å². The fourth-order valence-corrected chi connectivity index (χ4v) is 4.90. The predicted octanol–water partition coefficient (Wildman–Crippen LogP) is 3.93. The van der Waals surface area contributed by atoms with Crippen molar-refractivity contribution < 1.29 is 28.6 Å². The number of amides is 2. The van der Waals surface area contributed by atoms with Gasteiger partial charge in [0.25, 0.3) is 0 Å². The Morgan fingerprint density at radius 2 is 1.70 bits per heavy atom. The number of halogens is 2. The molecule has 202 valence electrons. The molecule has 2 atom stereocenters. The zero-order chi connectivity index (χ0) is 27.4. The molecule has 9 heteroatoms. The van der Waals surface area contributed by atoms with E-state index in [4.69, 9.17) is 0 Å². The highest BCUT2D eigenvalue weighted by molar-refractivity contribution is 5.73. The van der Waals surface area contributed by atoms with E-state index in [1.54, 1.807) is 0 Å². The highest BCUT2D eigenvalue weighted by atomic mass is 19.1. The summed E-state index contributed by atoms with van der Waals surface area (Å²) in [4.78, 5) is 24.8. The van der Waals surface area contributed by atoms with Crippen LogP contribution < -0.4 is 10.6 Å². The molecule has 1 fully saturated rings. The molecule has 2 aromatic rings. The summed E-state index contributed by atoms with van der Waals surface area (Å²) in [5.74, 6) is -1.83. The number of piperidine rings is 1. The minimum absolute atomic E-state index is 0.0381. The van der Waals surface area contributed by atoms with E-state index in [0.717, 1.165) is 17.2 Å². The molecule has 37 heavy (non-hydrogen) atoms. The summed E-state index contributed by atoms with van der Waals surface area (Å²) in [6, 6.07) is 10.5. The van der Waals surface area contributed by atoms with E-state index in [9.17, 15) is 28.6 Å². The molecule has 0 aromatic heterocycles. The Labute approximate surface area is 216 Å². The van der Waals surface area contributed by atoms with Gasteiger partial charge in [-0.3, -0.25) is 4.79 Å². The largest absolute Gasteiger partial charge is 0.465 e. The van der Waals surface area contributed by atoms with E-state index >= 15 is 0 Å². The molecule has 2 amide bonds. The van der Waals surface area contributed by atoms with Gasteiger partial charge in [-0.05, 0) is 53.5 Å². The van der Waals surface area contributed by atoms with Gasteiger partial charge in [-0.25, -0.2) is 13.6 Å². The van der Waals surface area contributed by atoms with Crippen LogP contribution in [0.2, 0.25) is 0 Å². The van der Waals surface area contributed by atoms with Crippen LogP contribution in [-0.4, -0.2) is 58.9 Å². The van der Waals surface area contributed by atoms with E-state index in [1.165, 1.54) is 24.0 Å². The van der Waals surface area contributed by atoms with Crippen molar-refractivity contribution in [1.82, 2.24) is 15.5 Å². The zero-order valence-corrected chi connectivity index (χ0v) is 21.9. The summed E-state index contributed by atoms with van der Waals surface area (Å²) in [7, 11) is 0. The van der Waals surface area contributed by atoms with Crippen molar-refractivity contribution in [2.24, 2.45) is 0 Å². The van der Waals surface area contributed by atoms with Crippen LogP contribution in [-0.2, 0) is 22.2 Å². The second kappa shape index (κ2) is 11.6. The first-order chi connectivity index (χ1) is 17.3. The molecular formula is C28H37F2N3O4. The topological polar surface area (TPSA) is 102 Å². The van der Waals surface area contributed by atoms with E-state index < -0.39 is 35.4 Å². The average molecular weight is 518 g/mol. The molecule has 1 saturated heterocycles. The third-order valence-corrected chi connectivity index (χ3v) is 7.05. The third-order valence-electron chi connectivity index (χ3n) is 7.05. The van der Waals surface area contributed by atoms with Gasteiger partial charge in [-0.2, -0.15) is 0 Å². The summed E-state index contributed by atoms with van der Waals surface area (Å²) in [5, 5.41) is 26.7. The monoisotopic (exact) mass is 517 g/mol. The molecule has 0 aliphatic carbocycles. The molecular weight excluding hydrogens is 480 g/mol. The molecule has 0 spiro atoms. The average Bonchev–Trinajstić information content (AvgIpc) is 2.81. The summed E-state index contributed by atoms with van der Waals surface area (Å²) >= 11 is 0. The van der Waals surface area contributed by atoms with Gasteiger partial charge in [0, 0.05) is 38.2 Å². The number of hydrogen-bond donors (Lipinski definition) is 4. The Morgan fingerprint density at radius 1 is 1.08 bits per heavy atom. The van der Waals surface area contributed by atoms with Gasteiger partial charge in [0.05, 0.1) is 12.1 Å². The van der Waals surface area contributed by atoms with Crippen molar-refractivity contribution in [2.75, 3.05) is 19.6 Å². The number of aliphatic hydroxyl groups is 1. The number of nitrogens with zero attached hydrogens (tertiary/aromatic N) is 1. The minimum atomic E-state index is -1.07. The molecule has 2 aromatic carbocycles. The van der Waals surface area contributed by atoms with E-state index in [2.05, 4.69) is 43.5 Å². The van der Waals surface area contributed by atoms with Gasteiger partial charge in [0.15, 0.2) is 0 Å². The number of likely N-dealkylation sites (tertiary alicyclic amines) is 1. The second-order valence-corrected chi connectivity index (χ2v) is 10.9. The van der Waals surface area contributed by atoms with Crippen LogP contribution in [0, 0.1) is 11.6 Å². The molecule has 1 aliphatic heterocycles. The number of benzene rings is 2. The molecule has 2 unspecified atom stereocenters. The Morgan fingerprint density at radius 3 is 2.24 bits per heavy atom. The van der Waals surface area contributed by atoms with Crippen LogP contribution >= 0.6 is 0 Å². The first-order valence-electron chi connectivity index (χ1n) is 12.5. The van der Waals surface area contributed by atoms with E-state index in [1.807, 2.05) is 12.1 Å². The summed E-state index contributed by atoms with van der Waals surface area (Å²) in [5.41, 5.74) is 1.77.